The van der Waals surface area contributed by atoms with Crippen LogP contribution in [0, 0.1) is 12.8 Å². The Balaban J connectivity index is 1.66. The van der Waals surface area contributed by atoms with Crippen LogP contribution in [-0.4, -0.2) is 72.6 Å². The number of halogens is 1. The number of hydrogen-bond acceptors (Lipinski definition) is 6. The Kier molecular flexibility index (Phi) is 9.05. The molecular formula is C29H35BrN2O5. The maximum Gasteiger partial charge on any atom is 0.295 e. The van der Waals surface area contributed by atoms with Gasteiger partial charge >= 0.3 is 0 Å². The zero-order valence-electron chi connectivity index (χ0n) is 21.7. The minimum absolute atomic E-state index is 0.115. The number of amides is 1. The van der Waals surface area contributed by atoms with Crippen molar-refractivity contribution in [1.82, 2.24) is 9.80 Å². The van der Waals surface area contributed by atoms with Crippen LogP contribution in [-0.2, 0) is 14.3 Å². The molecule has 1 amide bonds. The van der Waals surface area contributed by atoms with Crippen LogP contribution in [0.3, 0.4) is 0 Å². The van der Waals surface area contributed by atoms with Gasteiger partial charge in [0.1, 0.15) is 11.5 Å². The van der Waals surface area contributed by atoms with Crippen molar-refractivity contribution in [2.75, 3.05) is 46.0 Å². The van der Waals surface area contributed by atoms with Gasteiger partial charge in [-0.3, -0.25) is 14.5 Å². The molecule has 0 saturated carbocycles. The SMILES string of the molecule is Cc1cc(C(O)=C2C(=O)C(=O)N(CCCN3CCOCC3)[C@@H]2c2cccc(Br)c2)ccc1OCC(C)C. The molecule has 0 aromatic heterocycles. The second-order valence-electron chi connectivity index (χ2n) is 10.0. The van der Waals surface area contributed by atoms with Crippen LogP contribution in [0.1, 0.15) is 43.0 Å². The Hall–Kier alpha value is -2.68. The molecule has 37 heavy (non-hydrogen) atoms. The average Bonchev–Trinajstić information content (AvgIpc) is 3.13. The lowest BCUT2D eigenvalue weighted by molar-refractivity contribution is -0.140. The zero-order valence-corrected chi connectivity index (χ0v) is 23.3. The molecule has 1 N–H and O–H groups in total. The summed E-state index contributed by atoms with van der Waals surface area (Å²) in [4.78, 5) is 30.5. The highest BCUT2D eigenvalue weighted by Gasteiger charge is 2.45. The molecule has 198 valence electrons. The maximum atomic E-state index is 13.3. The van der Waals surface area contributed by atoms with Crippen LogP contribution < -0.4 is 4.74 Å². The predicted octanol–water partition coefficient (Wildman–Crippen LogP) is 4.94. The molecular weight excluding hydrogens is 536 g/mol. The number of likely N-dealkylation sites (tertiary alicyclic amines) is 1. The number of aliphatic hydroxyl groups excluding tert-OH is 1. The second-order valence-corrected chi connectivity index (χ2v) is 11.0. The summed E-state index contributed by atoms with van der Waals surface area (Å²) >= 11 is 3.51. The molecule has 2 aliphatic rings. The van der Waals surface area contributed by atoms with Crippen molar-refractivity contribution in [2.24, 2.45) is 5.92 Å². The standard InChI is InChI=1S/C29H35BrN2O5/c1-19(2)18-37-24-9-8-22(16-20(24)3)27(33)25-26(21-6-4-7-23(30)17-21)32(29(35)28(25)34)11-5-10-31-12-14-36-15-13-31/h4,6-9,16-17,19,26,33H,5,10-15,18H2,1-3H3/t26-/m1/s1. The number of hydrogen-bond donors (Lipinski definition) is 1. The number of benzene rings is 2. The second kappa shape index (κ2) is 12.2. The molecule has 0 spiro atoms. The number of rotatable bonds is 9. The first-order valence-corrected chi connectivity index (χ1v) is 13.6. The smallest absolute Gasteiger partial charge is 0.295 e. The normalized spacial score (nSPS) is 20.1. The van der Waals surface area contributed by atoms with Crippen molar-refractivity contribution in [2.45, 2.75) is 33.2 Å². The number of nitrogens with zero attached hydrogens (tertiary/aromatic N) is 2. The summed E-state index contributed by atoms with van der Waals surface area (Å²) in [5.41, 5.74) is 2.23. The molecule has 0 aliphatic carbocycles. The highest BCUT2D eigenvalue weighted by atomic mass is 79.9. The van der Waals surface area contributed by atoms with E-state index in [1.54, 1.807) is 23.1 Å². The van der Waals surface area contributed by atoms with Crippen LogP contribution >= 0.6 is 15.9 Å². The fraction of sp³-hybridized carbons (Fsp3) is 0.448. The largest absolute Gasteiger partial charge is 0.507 e. The highest BCUT2D eigenvalue weighted by Crippen LogP contribution is 2.40. The summed E-state index contributed by atoms with van der Waals surface area (Å²) in [5.74, 6) is -0.291. The topological polar surface area (TPSA) is 79.3 Å². The number of ketones is 1. The number of Topliss-reactive ketones (excluding diaryl/α,β-unsaturated/α-hetero) is 1. The molecule has 2 aromatic rings. The van der Waals surface area contributed by atoms with Gasteiger partial charge in [0.05, 0.1) is 31.4 Å². The molecule has 2 fully saturated rings. The molecule has 1 atom stereocenters. The molecule has 8 heteroatoms. The van der Waals surface area contributed by atoms with E-state index < -0.39 is 17.7 Å². The lowest BCUT2D eigenvalue weighted by Crippen LogP contribution is -2.38. The average molecular weight is 572 g/mol. The summed E-state index contributed by atoms with van der Waals surface area (Å²) in [6.07, 6.45) is 0.721. The van der Waals surface area contributed by atoms with Crippen LogP contribution in [0.2, 0.25) is 0 Å². The quantitative estimate of drug-likeness (QED) is 0.261. The first kappa shape index (κ1) is 27.4. The molecule has 7 nitrogen and oxygen atoms in total. The van der Waals surface area contributed by atoms with Gasteiger partial charge in [-0.2, -0.15) is 0 Å². The van der Waals surface area contributed by atoms with E-state index in [1.807, 2.05) is 31.2 Å². The van der Waals surface area contributed by atoms with Gasteiger partial charge in [0.15, 0.2) is 0 Å². The zero-order chi connectivity index (χ0) is 26.5. The van der Waals surface area contributed by atoms with E-state index in [0.29, 0.717) is 37.8 Å². The van der Waals surface area contributed by atoms with E-state index in [4.69, 9.17) is 9.47 Å². The van der Waals surface area contributed by atoms with Gasteiger partial charge in [-0.15, -0.1) is 0 Å². The molecule has 2 saturated heterocycles. The molecule has 0 radical (unpaired) electrons. The summed E-state index contributed by atoms with van der Waals surface area (Å²) in [7, 11) is 0. The predicted molar refractivity (Wildman–Crippen MR) is 147 cm³/mol. The number of ether oxygens (including phenoxy) is 2. The Morgan fingerprint density at radius 2 is 1.89 bits per heavy atom. The van der Waals surface area contributed by atoms with Crippen LogP contribution in [0.4, 0.5) is 0 Å². The molecule has 4 rings (SSSR count). The maximum absolute atomic E-state index is 13.3. The Labute approximate surface area is 227 Å². The third kappa shape index (κ3) is 6.43. The first-order chi connectivity index (χ1) is 17.8. The van der Waals surface area contributed by atoms with Gasteiger partial charge in [-0.25, -0.2) is 0 Å². The van der Waals surface area contributed by atoms with E-state index >= 15 is 0 Å². The number of carbonyl (C=O) groups excluding carboxylic acids is 2. The Morgan fingerprint density at radius 3 is 2.57 bits per heavy atom. The van der Waals surface area contributed by atoms with Crippen LogP contribution in [0.15, 0.2) is 52.5 Å². The van der Waals surface area contributed by atoms with Gasteiger partial charge in [0, 0.05) is 36.2 Å². The number of aliphatic hydroxyl groups is 1. The van der Waals surface area contributed by atoms with Crippen molar-refractivity contribution in [3.63, 3.8) is 0 Å². The minimum atomic E-state index is -0.667. The Bertz CT molecular complexity index is 1170. The van der Waals surface area contributed by atoms with Gasteiger partial charge in [-0.05, 0) is 60.7 Å². The van der Waals surface area contributed by atoms with Crippen LogP contribution in [0.25, 0.3) is 5.76 Å². The van der Waals surface area contributed by atoms with Gasteiger partial charge in [-0.1, -0.05) is 41.9 Å². The monoisotopic (exact) mass is 570 g/mol. The van der Waals surface area contributed by atoms with Gasteiger partial charge in [0.2, 0.25) is 0 Å². The minimum Gasteiger partial charge on any atom is -0.507 e. The van der Waals surface area contributed by atoms with E-state index in [0.717, 1.165) is 47.4 Å². The number of carbonyl (C=O) groups is 2. The third-order valence-electron chi connectivity index (χ3n) is 6.70. The van der Waals surface area contributed by atoms with Crippen molar-refractivity contribution in [3.8, 4) is 5.75 Å². The van der Waals surface area contributed by atoms with E-state index in [9.17, 15) is 14.7 Å². The molecule has 2 aromatic carbocycles. The molecule has 2 heterocycles. The molecule has 2 aliphatic heterocycles. The molecule has 0 unspecified atom stereocenters. The first-order valence-electron chi connectivity index (χ1n) is 12.8. The van der Waals surface area contributed by atoms with Gasteiger partial charge < -0.3 is 19.5 Å². The third-order valence-corrected chi connectivity index (χ3v) is 7.20. The number of aryl methyl sites for hydroxylation is 1. The lowest BCUT2D eigenvalue weighted by atomic mass is 9.94. The lowest BCUT2D eigenvalue weighted by Gasteiger charge is -2.29. The fourth-order valence-corrected chi connectivity index (χ4v) is 5.21. The number of morpholine rings is 1. The van der Waals surface area contributed by atoms with Crippen LogP contribution in [0.5, 0.6) is 5.75 Å². The fourth-order valence-electron chi connectivity index (χ4n) is 4.79. The van der Waals surface area contributed by atoms with Crippen molar-refractivity contribution in [3.05, 3.63) is 69.2 Å². The molecule has 0 bridgehead atoms. The summed E-state index contributed by atoms with van der Waals surface area (Å²) < 4.78 is 12.1. The van der Waals surface area contributed by atoms with Crippen molar-refractivity contribution >= 4 is 33.4 Å². The van der Waals surface area contributed by atoms with Crippen molar-refractivity contribution < 1.29 is 24.2 Å². The Morgan fingerprint density at radius 1 is 1.14 bits per heavy atom. The highest BCUT2D eigenvalue weighted by molar-refractivity contribution is 9.10. The summed E-state index contributed by atoms with van der Waals surface area (Å²) in [5, 5.41) is 11.4. The summed E-state index contributed by atoms with van der Waals surface area (Å²) in [6.45, 7) is 11.0. The van der Waals surface area contributed by atoms with E-state index in [2.05, 4.69) is 34.7 Å². The van der Waals surface area contributed by atoms with Gasteiger partial charge in [0.25, 0.3) is 11.7 Å². The van der Waals surface area contributed by atoms with E-state index in [-0.39, 0.29) is 11.3 Å². The summed E-state index contributed by atoms with van der Waals surface area (Å²) in [6, 6.07) is 12.2. The van der Waals surface area contributed by atoms with E-state index in [1.165, 1.54) is 0 Å². The van der Waals surface area contributed by atoms with Crippen molar-refractivity contribution in [1.29, 1.82) is 0 Å².